The van der Waals surface area contributed by atoms with E-state index in [2.05, 4.69) is 4.98 Å². The van der Waals surface area contributed by atoms with Gasteiger partial charge in [-0.1, -0.05) is 24.3 Å². The van der Waals surface area contributed by atoms with Crippen molar-refractivity contribution in [2.75, 3.05) is 11.5 Å². The minimum atomic E-state index is -0.237. The van der Waals surface area contributed by atoms with E-state index in [-0.39, 0.29) is 18.2 Å². The molecule has 2 aromatic carbocycles. The SMILES string of the molecule is CCOc1cccc(C(=O)N(Cc2ccccn2)c2ccccc2O)c1. The maximum Gasteiger partial charge on any atom is 0.258 e. The Morgan fingerprint density at radius 3 is 2.62 bits per heavy atom. The van der Waals surface area contributed by atoms with Crippen molar-refractivity contribution in [3.8, 4) is 11.5 Å². The molecule has 0 aliphatic rings. The van der Waals surface area contributed by atoms with Gasteiger partial charge in [-0.05, 0) is 49.4 Å². The highest BCUT2D eigenvalue weighted by Crippen LogP contribution is 2.29. The fourth-order valence-corrected chi connectivity index (χ4v) is 2.65. The van der Waals surface area contributed by atoms with Gasteiger partial charge in [0.25, 0.3) is 5.91 Å². The number of hydrogen-bond acceptors (Lipinski definition) is 4. The lowest BCUT2D eigenvalue weighted by molar-refractivity contribution is 0.0983. The molecule has 1 amide bonds. The van der Waals surface area contributed by atoms with Crippen molar-refractivity contribution in [3.05, 3.63) is 84.2 Å². The number of benzene rings is 2. The van der Waals surface area contributed by atoms with E-state index in [1.165, 1.54) is 4.90 Å². The van der Waals surface area contributed by atoms with Crippen molar-refractivity contribution in [2.45, 2.75) is 13.5 Å². The minimum absolute atomic E-state index is 0.0396. The highest BCUT2D eigenvalue weighted by atomic mass is 16.5. The summed E-state index contributed by atoms with van der Waals surface area (Å²) >= 11 is 0. The third-order valence-electron chi connectivity index (χ3n) is 3.86. The number of carbonyl (C=O) groups excluding carboxylic acids is 1. The van der Waals surface area contributed by atoms with Gasteiger partial charge < -0.3 is 9.84 Å². The number of anilines is 1. The molecule has 5 heteroatoms. The molecule has 3 rings (SSSR count). The lowest BCUT2D eigenvalue weighted by atomic mass is 10.1. The van der Waals surface area contributed by atoms with Crippen LogP contribution in [-0.2, 0) is 6.54 Å². The number of ether oxygens (including phenoxy) is 1. The van der Waals surface area contributed by atoms with Crippen molar-refractivity contribution < 1.29 is 14.6 Å². The molecule has 1 N–H and O–H groups in total. The van der Waals surface area contributed by atoms with Crippen molar-refractivity contribution in [1.82, 2.24) is 4.98 Å². The molecule has 0 bridgehead atoms. The van der Waals surface area contributed by atoms with Crippen LogP contribution in [0.3, 0.4) is 0 Å². The van der Waals surface area contributed by atoms with Crippen LogP contribution in [0.1, 0.15) is 23.0 Å². The summed E-state index contributed by atoms with van der Waals surface area (Å²) in [7, 11) is 0. The second kappa shape index (κ2) is 8.16. The third-order valence-corrected chi connectivity index (χ3v) is 3.86. The van der Waals surface area contributed by atoms with E-state index >= 15 is 0 Å². The van der Waals surface area contributed by atoms with Crippen molar-refractivity contribution in [1.29, 1.82) is 0 Å². The van der Waals surface area contributed by atoms with Crippen LogP contribution >= 0.6 is 0 Å². The van der Waals surface area contributed by atoms with Crippen LogP contribution in [0.15, 0.2) is 72.9 Å². The van der Waals surface area contributed by atoms with E-state index < -0.39 is 0 Å². The lowest BCUT2D eigenvalue weighted by Crippen LogP contribution is -2.30. The zero-order chi connectivity index (χ0) is 18.4. The smallest absolute Gasteiger partial charge is 0.258 e. The van der Waals surface area contributed by atoms with Crippen LogP contribution in [-0.4, -0.2) is 22.6 Å². The number of aromatic hydroxyl groups is 1. The largest absolute Gasteiger partial charge is 0.506 e. The van der Waals surface area contributed by atoms with Crippen LogP contribution in [0, 0.1) is 0 Å². The Bertz CT molecular complexity index is 881. The second-order valence-corrected chi connectivity index (χ2v) is 5.66. The summed E-state index contributed by atoms with van der Waals surface area (Å²) in [4.78, 5) is 19.0. The van der Waals surface area contributed by atoms with Gasteiger partial charge >= 0.3 is 0 Å². The molecule has 0 atom stereocenters. The van der Waals surface area contributed by atoms with Crippen LogP contribution < -0.4 is 9.64 Å². The molecular formula is C21H20N2O3. The van der Waals surface area contributed by atoms with Crippen LogP contribution in [0.25, 0.3) is 0 Å². The topological polar surface area (TPSA) is 62.7 Å². The Morgan fingerprint density at radius 1 is 1.08 bits per heavy atom. The van der Waals surface area contributed by atoms with Crippen molar-refractivity contribution in [2.24, 2.45) is 0 Å². The summed E-state index contributed by atoms with van der Waals surface area (Å²) in [6, 6.07) is 19.3. The molecule has 0 radical (unpaired) electrons. The number of phenolic OH excluding ortho intramolecular Hbond substituents is 1. The van der Waals surface area contributed by atoms with Crippen LogP contribution in [0.4, 0.5) is 5.69 Å². The second-order valence-electron chi connectivity index (χ2n) is 5.66. The number of hydrogen-bond donors (Lipinski definition) is 1. The van der Waals surface area contributed by atoms with Gasteiger partial charge in [0.15, 0.2) is 0 Å². The molecular weight excluding hydrogens is 328 g/mol. The lowest BCUT2D eigenvalue weighted by Gasteiger charge is -2.23. The number of carbonyl (C=O) groups is 1. The summed E-state index contributed by atoms with van der Waals surface area (Å²) in [5, 5.41) is 10.3. The molecule has 5 nitrogen and oxygen atoms in total. The molecule has 1 aromatic heterocycles. The fraction of sp³-hybridized carbons (Fsp3) is 0.143. The summed E-state index contributed by atoms with van der Waals surface area (Å²) in [5.41, 5.74) is 1.64. The highest BCUT2D eigenvalue weighted by Gasteiger charge is 2.21. The van der Waals surface area contributed by atoms with E-state index in [4.69, 9.17) is 4.74 Å². The summed E-state index contributed by atoms with van der Waals surface area (Å²) in [6.07, 6.45) is 1.68. The number of rotatable bonds is 6. The number of amides is 1. The molecule has 0 unspecified atom stereocenters. The summed E-state index contributed by atoms with van der Waals surface area (Å²) in [6.45, 7) is 2.66. The number of aromatic nitrogens is 1. The normalized spacial score (nSPS) is 10.3. The minimum Gasteiger partial charge on any atom is -0.506 e. The van der Waals surface area contributed by atoms with E-state index in [1.54, 1.807) is 48.7 Å². The monoisotopic (exact) mass is 348 g/mol. The predicted octanol–water partition coefficient (Wildman–Crippen LogP) is 4.03. The first-order valence-electron chi connectivity index (χ1n) is 8.41. The van der Waals surface area contributed by atoms with E-state index in [0.29, 0.717) is 23.6 Å². The average molecular weight is 348 g/mol. The summed E-state index contributed by atoms with van der Waals surface area (Å²) < 4.78 is 5.49. The fourth-order valence-electron chi connectivity index (χ4n) is 2.65. The Hall–Kier alpha value is -3.34. The van der Waals surface area contributed by atoms with Gasteiger partial charge in [0, 0.05) is 11.8 Å². The van der Waals surface area contributed by atoms with E-state index in [0.717, 1.165) is 5.69 Å². The Balaban J connectivity index is 1.98. The van der Waals surface area contributed by atoms with Crippen molar-refractivity contribution in [3.63, 3.8) is 0 Å². The predicted molar refractivity (Wildman–Crippen MR) is 100 cm³/mol. The average Bonchev–Trinajstić information content (AvgIpc) is 2.68. The van der Waals surface area contributed by atoms with Gasteiger partial charge in [0.2, 0.25) is 0 Å². The number of para-hydroxylation sites is 2. The molecule has 1 heterocycles. The molecule has 3 aromatic rings. The Kier molecular flexibility index (Phi) is 5.49. The Labute approximate surface area is 152 Å². The number of pyridine rings is 1. The quantitative estimate of drug-likeness (QED) is 0.730. The van der Waals surface area contributed by atoms with Gasteiger partial charge in [-0.3, -0.25) is 14.7 Å². The standard InChI is InChI=1S/C21H20N2O3/c1-2-26-18-10-7-8-16(14-18)21(25)23(15-17-9-5-6-13-22-17)19-11-3-4-12-20(19)24/h3-14,24H,2,15H2,1H3. The van der Waals surface area contributed by atoms with Crippen molar-refractivity contribution >= 4 is 11.6 Å². The third kappa shape index (κ3) is 4.00. The first kappa shape index (κ1) is 17.5. The van der Waals surface area contributed by atoms with E-state index in [9.17, 15) is 9.90 Å². The van der Waals surface area contributed by atoms with Gasteiger partial charge in [0.1, 0.15) is 11.5 Å². The number of phenols is 1. The molecule has 0 saturated heterocycles. The molecule has 0 spiro atoms. The Morgan fingerprint density at radius 2 is 1.88 bits per heavy atom. The molecule has 0 aliphatic heterocycles. The zero-order valence-corrected chi connectivity index (χ0v) is 14.5. The molecule has 26 heavy (non-hydrogen) atoms. The van der Waals surface area contributed by atoms with Gasteiger partial charge in [0.05, 0.1) is 24.5 Å². The van der Waals surface area contributed by atoms with Crippen LogP contribution in [0.5, 0.6) is 11.5 Å². The first-order valence-corrected chi connectivity index (χ1v) is 8.41. The summed E-state index contributed by atoms with van der Waals surface area (Å²) in [5.74, 6) is 0.435. The first-order chi connectivity index (χ1) is 12.7. The number of nitrogens with zero attached hydrogens (tertiary/aromatic N) is 2. The van der Waals surface area contributed by atoms with Gasteiger partial charge in [-0.25, -0.2) is 0 Å². The van der Waals surface area contributed by atoms with Gasteiger partial charge in [-0.15, -0.1) is 0 Å². The van der Waals surface area contributed by atoms with Crippen LogP contribution in [0.2, 0.25) is 0 Å². The highest BCUT2D eigenvalue weighted by molar-refractivity contribution is 6.06. The molecule has 0 saturated carbocycles. The molecule has 132 valence electrons. The maximum atomic E-state index is 13.2. The maximum absolute atomic E-state index is 13.2. The molecule has 0 fully saturated rings. The molecule has 0 aliphatic carbocycles. The van der Waals surface area contributed by atoms with Gasteiger partial charge in [-0.2, -0.15) is 0 Å². The zero-order valence-electron chi connectivity index (χ0n) is 14.5. The van der Waals surface area contributed by atoms with E-state index in [1.807, 2.05) is 31.2 Å².